The molecule has 0 unspecified atom stereocenters. The zero-order valence-electron chi connectivity index (χ0n) is 9.96. The minimum absolute atomic E-state index is 0.190. The van der Waals surface area contributed by atoms with Crippen molar-refractivity contribution < 1.29 is 4.39 Å². The Morgan fingerprint density at radius 1 is 1.41 bits per heavy atom. The fourth-order valence-electron chi connectivity index (χ4n) is 1.67. The van der Waals surface area contributed by atoms with Crippen molar-refractivity contribution in [2.24, 2.45) is 5.73 Å². The Kier molecular flexibility index (Phi) is 3.54. The SMILES string of the molecule is CCc1nc(-c2ccc(C)c(F)c2)sc1CN. The Labute approximate surface area is 104 Å². The van der Waals surface area contributed by atoms with Crippen LogP contribution in [0.25, 0.3) is 10.6 Å². The molecule has 0 amide bonds. The number of rotatable bonds is 3. The van der Waals surface area contributed by atoms with Gasteiger partial charge in [0.2, 0.25) is 0 Å². The van der Waals surface area contributed by atoms with Gasteiger partial charge < -0.3 is 5.73 Å². The topological polar surface area (TPSA) is 38.9 Å². The molecule has 2 rings (SSSR count). The summed E-state index contributed by atoms with van der Waals surface area (Å²) in [5.41, 5.74) is 8.17. The minimum atomic E-state index is -0.190. The van der Waals surface area contributed by atoms with Crippen LogP contribution in [-0.4, -0.2) is 4.98 Å². The Bertz CT molecular complexity index is 513. The lowest BCUT2D eigenvalue weighted by Gasteiger charge is -1.99. The van der Waals surface area contributed by atoms with E-state index in [4.69, 9.17) is 5.73 Å². The van der Waals surface area contributed by atoms with Gasteiger partial charge in [-0.1, -0.05) is 19.1 Å². The molecule has 0 saturated heterocycles. The third-order valence-electron chi connectivity index (χ3n) is 2.72. The standard InChI is InChI=1S/C13H15FN2S/c1-3-11-12(7-15)17-13(16-11)9-5-4-8(2)10(14)6-9/h4-6H,3,7,15H2,1-2H3. The molecule has 4 heteroatoms. The normalized spacial score (nSPS) is 10.8. The van der Waals surface area contributed by atoms with Crippen molar-refractivity contribution in [1.29, 1.82) is 0 Å². The first-order chi connectivity index (χ1) is 8.15. The molecule has 2 N–H and O–H groups in total. The Morgan fingerprint density at radius 3 is 2.71 bits per heavy atom. The van der Waals surface area contributed by atoms with Crippen LogP contribution in [-0.2, 0) is 13.0 Å². The molecular weight excluding hydrogens is 235 g/mol. The number of hydrogen-bond acceptors (Lipinski definition) is 3. The number of benzene rings is 1. The highest BCUT2D eigenvalue weighted by atomic mass is 32.1. The van der Waals surface area contributed by atoms with Gasteiger partial charge in [0.25, 0.3) is 0 Å². The Morgan fingerprint density at radius 2 is 2.18 bits per heavy atom. The van der Waals surface area contributed by atoms with Crippen molar-refractivity contribution in [2.45, 2.75) is 26.8 Å². The second-order valence-corrected chi connectivity index (χ2v) is 4.99. The fraction of sp³-hybridized carbons (Fsp3) is 0.308. The number of hydrogen-bond donors (Lipinski definition) is 1. The number of thiazole rings is 1. The molecule has 0 radical (unpaired) electrons. The van der Waals surface area contributed by atoms with E-state index in [9.17, 15) is 4.39 Å². The van der Waals surface area contributed by atoms with Crippen molar-refractivity contribution in [2.75, 3.05) is 0 Å². The molecule has 0 spiro atoms. The molecule has 2 aromatic rings. The highest BCUT2D eigenvalue weighted by molar-refractivity contribution is 7.15. The Hall–Kier alpha value is -1.26. The number of nitrogens with zero attached hydrogens (tertiary/aromatic N) is 1. The van der Waals surface area contributed by atoms with Crippen molar-refractivity contribution >= 4 is 11.3 Å². The number of nitrogens with two attached hydrogens (primary N) is 1. The van der Waals surface area contributed by atoms with Gasteiger partial charge in [0.1, 0.15) is 10.8 Å². The van der Waals surface area contributed by atoms with Gasteiger partial charge in [-0.15, -0.1) is 11.3 Å². The van der Waals surface area contributed by atoms with E-state index in [-0.39, 0.29) is 5.82 Å². The van der Waals surface area contributed by atoms with Crippen molar-refractivity contribution in [3.05, 3.63) is 40.2 Å². The van der Waals surface area contributed by atoms with Crippen molar-refractivity contribution in [3.8, 4) is 10.6 Å². The molecule has 1 aromatic heterocycles. The highest BCUT2D eigenvalue weighted by Crippen LogP contribution is 2.29. The molecule has 1 heterocycles. The van der Waals surface area contributed by atoms with Gasteiger partial charge in [0.05, 0.1) is 5.69 Å². The van der Waals surface area contributed by atoms with E-state index >= 15 is 0 Å². The van der Waals surface area contributed by atoms with Gasteiger partial charge in [-0.05, 0) is 25.0 Å². The maximum absolute atomic E-state index is 13.5. The van der Waals surface area contributed by atoms with Crippen molar-refractivity contribution in [3.63, 3.8) is 0 Å². The van der Waals surface area contributed by atoms with E-state index in [0.29, 0.717) is 12.1 Å². The van der Waals surface area contributed by atoms with Crippen LogP contribution in [0.2, 0.25) is 0 Å². The third-order valence-corrected chi connectivity index (χ3v) is 3.89. The van der Waals surface area contributed by atoms with E-state index in [2.05, 4.69) is 4.98 Å². The lowest BCUT2D eigenvalue weighted by atomic mass is 10.1. The monoisotopic (exact) mass is 250 g/mol. The zero-order valence-corrected chi connectivity index (χ0v) is 10.8. The summed E-state index contributed by atoms with van der Waals surface area (Å²) in [5, 5.41) is 0.848. The maximum Gasteiger partial charge on any atom is 0.126 e. The summed E-state index contributed by atoms with van der Waals surface area (Å²) < 4.78 is 13.5. The molecule has 17 heavy (non-hydrogen) atoms. The smallest absolute Gasteiger partial charge is 0.126 e. The molecule has 90 valence electrons. The van der Waals surface area contributed by atoms with E-state index in [1.54, 1.807) is 24.3 Å². The van der Waals surface area contributed by atoms with E-state index in [1.807, 2.05) is 13.0 Å². The van der Waals surface area contributed by atoms with Gasteiger partial charge in [-0.2, -0.15) is 0 Å². The number of aromatic nitrogens is 1. The first kappa shape index (κ1) is 12.2. The molecule has 0 aliphatic heterocycles. The summed E-state index contributed by atoms with van der Waals surface area (Å²) >= 11 is 1.55. The molecule has 2 nitrogen and oxygen atoms in total. The number of aryl methyl sites for hydroxylation is 2. The second kappa shape index (κ2) is 4.94. The zero-order chi connectivity index (χ0) is 12.4. The van der Waals surface area contributed by atoms with E-state index in [1.165, 1.54) is 6.07 Å². The summed E-state index contributed by atoms with van der Waals surface area (Å²) in [6.45, 7) is 4.30. The lowest BCUT2D eigenvalue weighted by Crippen LogP contribution is -1.96. The molecule has 0 aliphatic carbocycles. The highest BCUT2D eigenvalue weighted by Gasteiger charge is 2.11. The summed E-state index contributed by atoms with van der Waals surface area (Å²) in [7, 11) is 0. The van der Waals surface area contributed by atoms with Crippen LogP contribution in [0.1, 0.15) is 23.1 Å². The average molecular weight is 250 g/mol. The summed E-state index contributed by atoms with van der Waals surface area (Å²) in [6, 6.07) is 5.21. The van der Waals surface area contributed by atoms with Crippen LogP contribution in [0.5, 0.6) is 0 Å². The molecule has 0 aliphatic rings. The number of halogens is 1. The summed E-state index contributed by atoms with van der Waals surface area (Å²) in [4.78, 5) is 5.60. The minimum Gasteiger partial charge on any atom is -0.326 e. The molecule has 0 saturated carbocycles. The van der Waals surface area contributed by atoms with E-state index < -0.39 is 0 Å². The first-order valence-electron chi connectivity index (χ1n) is 5.60. The van der Waals surface area contributed by atoms with Crippen LogP contribution in [0, 0.1) is 12.7 Å². The van der Waals surface area contributed by atoms with Crippen molar-refractivity contribution in [1.82, 2.24) is 4.98 Å². The third kappa shape index (κ3) is 2.37. The first-order valence-corrected chi connectivity index (χ1v) is 6.42. The van der Waals surface area contributed by atoms with Gasteiger partial charge >= 0.3 is 0 Å². The van der Waals surface area contributed by atoms with Gasteiger partial charge in [-0.25, -0.2) is 9.37 Å². The lowest BCUT2D eigenvalue weighted by molar-refractivity contribution is 0.619. The van der Waals surface area contributed by atoms with Gasteiger partial charge in [-0.3, -0.25) is 0 Å². The molecule has 0 fully saturated rings. The quantitative estimate of drug-likeness (QED) is 0.908. The summed E-state index contributed by atoms with van der Waals surface area (Å²) in [5.74, 6) is -0.190. The Balaban J connectivity index is 2.45. The van der Waals surface area contributed by atoms with Gasteiger partial charge in [0, 0.05) is 17.0 Å². The predicted molar refractivity (Wildman–Crippen MR) is 69.5 cm³/mol. The van der Waals surface area contributed by atoms with Crippen LogP contribution in [0.3, 0.4) is 0 Å². The van der Waals surface area contributed by atoms with Crippen LogP contribution >= 0.6 is 11.3 Å². The molecule has 0 atom stereocenters. The molecule has 0 bridgehead atoms. The van der Waals surface area contributed by atoms with Crippen LogP contribution in [0.15, 0.2) is 18.2 Å². The second-order valence-electron chi connectivity index (χ2n) is 3.91. The molecule has 1 aromatic carbocycles. The largest absolute Gasteiger partial charge is 0.326 e. The van der Waals surface area contributed by atoms with Crippen LogP contribution in [0.4, 0.5) is 4.39 Å². The average Bonchev–Trinajstić information content (AvgIpc) is 2.75. The van der Waals surface area contributed by atoms with Crippen LogP contribution < -0.4 is 5.73 Å². The summed E-state index contributed by atoms with van der Waals surface area (Å²) in [6.07, 6.45) is 0.859. The van der Waals surface area contributed by atoms with E-state index in [0.717, 1.165) is 27.6 Å². The van der Waals surface area contributed by atoms with Gasteiger partial charge in [0.15, 0.2) is 0 Å². The molecular formula is C13H15FN2S. The predicted octanol–water partition coefficient (Wildman–Crippen LogP) is 3.28. The maximum atomic E-state index is 13.5. The fourth-order valence-corrected chi connectivity index (χ4v) is 2.69.